The molecule has 0 aliphatic rings. The summed E-state index contributed by atoms with van der Waals surface area (Å²) in [5.74, 6) is -0.292. The highest BCUT2D eigenvalue weighted by atomic mass is 16.6. The molecule has 0 atom stereocenters. The van der Waals surface area contributed by atoms with Crippen molar-refractivity contribution in [3.63, 3.8) is 0 Å². The maximum Gasteiger partial charge on any atom is 0.307 e. The fourth-order valence-electron chi connectivity index (χ4n) is 2.48. The van der Waals surface area contributed by atoms with E-state index in [9.17, 15) is 4.79 Å². The summed E-state index contributed by atoms with van der Waals surface area (Å²) in [6.45, 7) is 1.76. The van der Waals surface area contributed by atoms with Crippen molar-refractivity contribution in [1.29, 1.82) is 0 Å². The Morgan fingerprint density at radius 2 is 1.32 bits per heavy atom. The van der Waals surface area contributed by atoms with E-state index in [1.54, 1.807) is 0 Å². The second kappa shape index (κ2) is 18.2. The van der Waals surface area contributed by atoms with Gasteiger partial charge in [0.2, 0.25) is 0 Å². The lowest BCUT2D eigenvalue weighted by Crippen LogP contribution is -2.04. The van der Waals surface area contributed by atoms with Gasteiger partial charge in [0.25, 0.3) is 0 Å². The zero-order valence-electron chi connectivity index (χ0n) is 14.5. The number of aliphatic hydroxyl groups is 1. The predicted octanol–water partition coefficient (Wildman–Crippen LogP) is 5.52. The molecule has 0 aromatic rings. The Kier molecular flexibility index (Phi) is 17.5. The van der Waals surface area contributed by atoms with Gasteiger partial charge in [-0.1, -0.05) is 70.4 Å². The molecule has 0 aliphatic carbocycles. The molecular weight excluding hydrogens is 276 g/mol. The molecule has 0 saturated carbocycles. The zero-order chi connectivity index (χ0) is 16.3. The highest BCUT2D eigenvalue weighted by molar-refractivity contribution is 5.69. The van der Waals surface area contributed by atoms with Crippen LogP contribution in [0.3, 0.4) is 0 Å². The van der Waals surface area contributed by atoms with Gasteiger partial charge in [0, 0.05) is 6.42 Å². The Morgan fingerprint density at radius 3 is 1.86 bits per heavy atom. The van der Waals surface area contributed by atoms with E-state index in [2.05, 4.69) is 23.8 Å². The van der Waals surface area contributed by atoms with E-state index >= 15 is 0 Å². The fraction of sp³-hybridized carbons (Fsp3) is 0.842. The van der Waals surface area contributed by atoms with E-state index < -0.39 is 6.79 Å². The lowest BCUT2D eigenvalue weighted by molar-refractivity contribution is -0.151. The van der Waals surface area contributed by atoms with Crippen molar-refractivity contribution < 1.29 is 14.6 Å². The smallest absolute Gasteiger partial charge is 0.307 e. The van der Waals surface area contributed by atoms with Crippen molar-refractivity contribution in [1.82, 2.24) is 0 Å². The summed E-state index contributed by atoms with van der Waals surface area (Å²) in [7, 11) is 0. The Morgan fingerprint density at radius 1 is 0.818 bits per heavy atom. The largest absolute Gasteiger partial charge is 0.439 e. The maximum absolute atomic E-state index is 11.0. The lowest BCUT2D eigenvalue weighted by atomic mass is 10.1. The van der Waals surface area contributed by atoms with Crippen molar-refractivity contribution in [2.24, 2.45) is 0 Å². The highest BCUT2D eigenvalue weighted by Gasteiger charge is 2.00. The molecule has 0 radical (unpaired) electrons. The molecule has 0 heterocycles. The third-order valence-corrected chi connectivity index (χ3v) is 3.87. The average Bonchev–Trinajstić information content (AvgIpc) is 2.51. The Balaban J connectivity index is 3.12. The van der Waals surface area contributed by atoms with E-state index in [4.69, 9.17) is 5.11 Å². The second-order valence-electron chi connectivity index (χ2n) is 5.98. The molecule has 0 fully saturated rings. The lowest BCUT2D eigenvalue weighted by Gasteiger charge is -2.01. The number of rotatable bonds is 16. The summed E-state index contributed by atoms with van der Waals surface area (Å²) in [5, 5.41) is 8.41. The predicted molar refractivity (Wildman–Crippen MR) is 92.6 cm³/mol. The Hall–Kier alpha value is -0.830. The standard InChI is InChI=1S/C19H36O3/c1-2-3-4-5-6-7-8-9-10-11-12-13-14-15-16-17-19(21)22-18-20/h9-10,20H,2-8,11-18H2,1H3. The minimum Gasteiger partial charge on any atom is -0.439 e. The van der Waals surface area contributed by atoms with Gasteiger partial charge in [-0.05, 0) is 32.1 Å². The number of carbonyl (C=O) groups excluding carboxylic acids is 1. The van der Waals surface area contributed by atoms with Crippen LogP contribution in [-0.2, 0) is 9.53 Å². The number of esters is 1. The Bertz CT molecular complexity index is 261. The normalized spacial score (nSPS) is 11.2. The molecule has 0 amide bonds. The van der Waals surface area contributed by atoms with E-state index in [1.807, 2.05) is 0 Å². The van der Waals surface area contributed by atoms with E-state index in [0.29, 0.717) is 6.42 Å². The molecule has 1 N–H and O–H groups in total. The quantitative estimate of drug-likeness (QED) is 0.177. The number of hydrogen-bond acceptors (Lipinski definition) is 3. The SMILES string of the molecule is CCCCCCCCC=CCCCCCCCC(=O)OCO. The summed E-state index contributed by atoms with van der Waals surface area (Å²) in [6.07, 6.45) is 21.3. The van der Waals surface area contributed by atoms with Crippen molar-refractivity contribution >= 4 is 5.97 Å². The first-order chi connectivity index (χ1) is 10.8. The van der Waals surface area contributed by atoms with Gasteiger partial charge in [-0.15, -0.1) is 0 Å². The van der Waals surface area contributed by atoms with E-state index in [-0.39, 0.29) is 5.97 Å². The number of hydrogen-bond donors (Lipinski definition) is 1. The molecule has 22 heavy (non-hydrogen) atoms. The van der Waals surface area contributed by atoms with Gasteiger partial charge in [0.15, 0.2) is 6.79 Å². The minimum atomic E-state index is -0.496. The number of aliphatic hydroxyl groups excluding tert-OH is 1. The van der Waals surface area contributed by atoms with Gasteiger partial charge in [0.05, 0.1) is 0 Å². The molecule has 0 rings (SSSR count). The summed E-state index contributed by atoms with van der Waals surface area (Å²) in [4.78, 5) is 11.0. The maximum atomic E-state index is 11.0. The van der Waals surface area contributed by atoms with Crippen molar-refractivity contribution in [3.8, 4) is 0 Å². The summed E-state index contributed by atoms with van der Waals surface area (Å²) >= 11 is 0. The first-order valence-electron chi connectivity index (χ1n) is 9.22. The topological polar surface area (TPSA) is 46.5 Å². The first-order valence-corrected chi connectivity index (χ1v) is 9.22. The third-order valence-electron chi connectivity index (χ3n) is 3.87. The van der Waals surface area contributed by atoms with Gasteiger partial charge in [0.1, 0.15) is 0 Å². The molecule has 3 heteroatoms. The molecule has 130 valence electrons. The van der Waals surface area contributed by atoms with Crippen LogP contribution in [-0.4, -0.2) is 17.9 Å². The van der Waals surface area contributed by atoms with Crippen LogP contribution in [0.15, 0.2) is 12.2 Å². The number of allylic oxidation sites excluding steroid dienone is 2. The summed E-state index contributed by atoms with van der Waals surface area (Å²) < 4.78 is 4.47. The van der Waals surface area contributed by atoms with Crippen LogP contribution < -0.4 is 0 Å². The van der Waals surface area contributed by atoms with Crippen LogP contribution in [0, 0.1) is 0 Å². The van der Waals surface area contributed by atoms with Crippen LogP contribution in [0.25, 0.3) is 0 Å². The molecule has 0 spiro atoms. The summed E-state index contributed by atoms with van der Waals surface area (Å²) in [6, 6.07) is 0. The average molecular weight is 312 g/mol. The van der Waals surface area contributed by atoms with Crippen LogP contribution >= 0.6 is 0 Å². The molecule has 0 saturated heterocycles. The second-order valence-corrected chi connectivity index (χ2v) is 5.98. The number of carbonyl (C=O) groups is 1. The Labute approximate surface area is 137 Å². The molecular formula is C19H36O3. The van der Waals surface area contributed by atoms with E-state index in [1.165, 1.54) is 70.6 Å². The minimum absolute atomic E-state index is 0.292. The van der Waals surface area contributed by atoms with Gasteiger partial charge in [-0.2, -0.15) is 0 Å². The summed E-state index contributed by atoms with van der Waals surface area (Å²) in [5.41, 5.74) is 0. The van der Waals surface area contributed by atoms with Crippen LogP contribution in [0.4, 0.5) is 0 Å². The van der Waals surface area contributed by atoms with Gasteiger partial charge < -0.3 is 9.84 Å². The van der Waals surface area contributed by atoms with Gasteiger partial charge in [-0.3, -0.25) is 4.79 Å². The fourth-order valence-corrected chi connectivity index (χ4v) is 2.48. The molecule has 0 bridgehead atoms. The van der Waals surface area contributed by atoms with E-state index in [0.717, 1.165) is 12.8 Å². The number of ether oxygens (including phenoxy) is 1. The monoisotopic (exact) mass is 312 g/mol. The van der Waals surface area contributed by atoms with Crippen LogP contribution in [0.5, 0.6) is 0 Å². The van der Waals surface area contributed by atoms with Gasteiger partial charge in [-0.25, -0.2) is 0 Å². The highest BCUT2D eigenvalue weighted by Crippen LogP contribution is 2.10. The molecule has 0 unspecified atom stereocenters. The van der Waals surface area contributed by atoms with Crippen molar-refractivity contribution in [2.75, 3.05) is 6.79 Å². The third kappa shape index (κ3) is 17.2. The van der Waals surface area contributed by atoms with Crippen LogP contribution in [0.2, 0.25) is 0 Å². The zero-order valence-corrected chi connectivity index (χ0v) is 14.5. The molecule has 0 aromatic heterocycles. The number of unbranched alkanes of at least 4 members (excludes halogenated alkanes) is 11. The van der Waals surface area contributed by atoms with Crippen molar-refractivity contribution in [2.45, 2.75) is 96.8 Å². The molecule has 3 nitrogen and oxygen atoms in total. The van der Waals surface area contributed by atoms with Gasteiger partial charge >= 0.3 is 5.97 Å². The van der Waals surface area contributed by atoms with Crippen molar-refractivity contribution in [3.05, 3.63) is 12.2 Å². The van der Waals surface area contributed by atoms with Crippen LogP contribution in [0.1, 0.15) is 96.8 Å². The first kappa shape index (κ1) is 21.2. The molecule has 0 aliphatic heterocycles. The molecule has 0 aromatic carbocycles.